The number of amides is 1. The van der Waals surface area contributed by atoms with E-state index in [1.54, 1.807) is 0 Å². The van der Waals surface area contributed by atoms with Crippen LogP contribution in [0.5, 0.6) is 0 Å². The summed E-state index contributed by atoms with van der Waals surface area (Å²) in [6, 6.07) is -0.367. The van der Waals surface area contributed by atoms with Crippen molar-refractivity contribution in [2.45, 2.75) is 39.2 Å². The van der Waals surface area contributed by atoms with Crippen LogP contribution in [0.25, 0.3) is 0 Å². The standard InChI is InChI=1S/C16H36N4O/c1-7-14(2)15(17)16(21)20(12-8-10-18(3)4)13-9-11-19(5)6/h14-15H,7-13,17H2,1-6H3. The zero-order valence-corrected chi connectivity index (χ0v) is 14.9. The van der Waals surface area contributed by atoms with Gasteiger partial charge >= 0.3 is 0 Å². The van der Waals surface area contributed by atoms with E-state index in [0.717, 1.165) is 45.4 Å². The van der Waals surface area contributed by atoms with E-state index in [2.05, 4.69) is 51.8 Å². The highest BCUT2D eigenvalue weighted by Crippen LogP contribution is 2.09. The van der Waals surface area contributed by atoms with Gasteiger partial charge in [-0.25, -0.2) is 0 Å². The molecule has 2 atom stereocenters. The molecule has 0 spiro atoms. The Balaban J connectivity index is 4.49. The largest absolute Gasteiger partial charge is 0.341 e. The first kappa shape index (κ1) is 20.3. The summed E-state index contributed by atoms with van der Waals surface area (Å²) in [4.78, 5) is 18.8. The topological polar surface area (TPSA) is 52.8 Å². The number of hydrogen-bond acceptors (Lipinski definition) is 4. The number of hydrogen-bond donors (Lipinski definition) is 1. The van der Waals surface area contributed by atoms with E-state index in [4.69, 9.17) is 5.73 Å². The van der Waals surface area contributed by atoms with Crippen molar-refractivity contribution in [3.8, 4) is 0 Å². The third-order valence-electron chi connectivity index (χ3n) is 3.92. The molecule has 0 rings (SSSR count). The molecule has 0 aliphatic heterocycles. The first-order chi connectivity index (χ1) is 9.79. The Morgan fingerprint density at radius 1 is 0.952 bits per heavy atom. The second kappa shape index (κ2) is 11.0. The SMILES string of the molecule is CCC(C)C(N)C(=O)N(CCCN(C)C)CCCN(C)C. The third-order valence-corrected chi connectivity index (χ3v) is 3.92. The highest BCUT2D eigenvalue weighted by Gasteiger charge is 2.24. The molecule has 0 fully saturated rings. The lowest BCUT2D eigenvalue weighted by Gasteiger charge is -2.29. The smallest absolute Gasteiger partial charge is 0.239 e. The lowest BCUT2D eigenvalue weighted by atomic mass is 9.98. The van der Waals surface area contributed by atoms with Gasteiger partial charge in [0.1, 0.15) is 0 Å². The lowest BCUT2D eigenvalue weighted by Crippen LogP contribution is -2.48. The summed E-state index contributed by atoms with van der Waals surface area (Å²) < 4.78 is 0. The van der Waals surface area contributed by atoms with Crippen molar-refractivity contribution in [3.05, 3.63) is 0 Å². The first-order valence-electron chi connectivity index (χ1n) is 8.13. The van der Waals surface area contributed by atoms with Crippen molar-refractivity contribution in [1.29, 1.82) is 0 Å². The Morgan fingerprint density at radius 2 is 1.38 bits per heavy atom. The van der Waals surface area contributed by atoms with Crippen LogP contribution in [-0.4, -0.2) is 81.0 Å². The summed E-state index contributed by atoms with van der Waals surface area (Å²) in [5.41, 5.74) is 6.12. The van der Waals surface area contributed by atoms with Crippen LogP contribution in [0.4, 0.5) is 0 Å². The quantitative estimate of drug-likeness (QED) is 0.621. The van der Waals surface area contributed by atoms with Crippen molar-refractivity contribution in [3.63, 3.8) is 0 Å². The van der Waals surface area contributed by atoms with E-state index in [9.17, 15) is 4.79 Å². The van der Waals surface area contributed by atoms with E-state index in [0.29, 0.717) is 0 Å². The van der Waals surface area contributed by atoms with E-state index >= 15 is 0 Å². The van der Waals surface area contributed by atoms with Gasteiger partial charge in [0.2, 0.25) is 5.91 Å². The van der Waals surface area contributed by atoms with Crippen LogP contribution < -0.4 is 5.73 Å². The molecule has 5 heteroatoms. The summed E-state index contributed by atoms with van der Waals surface area (Å²) in [5, 5.41) is 0. The number of carbonyl (C=O) groups excluding carboxylic acids is 1. The van der Waals surface area contributed by atoms with Gasteiger partial charge in [-0.2, -0.15) is 0 Å². The van der Waals surface area contributed by atoms with Gasteiger partial charge in [-0.3, -0.25) is 4.79 Å². The van der Waals surface area contributed by atoms with Crippen molar-refractivity contribution in [2.24, 2.45) is 11.7 Å². The monoisotopic (exact) mass is 300 g/mol. The molecule has 0 bridgehead atoms. The Hall–Kier alpha value is -0.650. The Bertz CT molecular complexity index is 267. The minimum absolute atomic E-state index is 0.113. The molecule has 0 saturated heterocycles. The molecule has 5 nitrogen and oxygen atoms in total. The molecule has 0 aromatic heterocycles. The Labute approximate surface area is 131 Å². The summed E-state index contributed by atoms with van der Waals surface area (Å²) in [6.45, 7) is 7.73. The maximum atomic E-state index is 12.6. The predicted octanol–water partition coefficient (Wildman–Crippen LogP) is 1.09. The van der Waals surface area contributed by atoms with Gasteiger partial charge in [-0.1, -0.05) is 20.3 Å². The summed E-state index contributed by atoms with van der Waals surface area (Å²) in [5.74, 6) is 0.351. The number of carbonyl (C=O) groups is 1. The van der Waals surface area contributed by atoms with Gasteiger partial charge in [-0.05, 0) is 60.0 Å². The fourth-order valence-electron chi connectivity index (χ4n) is 2.20. The van der Waals surface area contributed by atoms with E-state index in [-0.39, 0.29) is 17.9 Å². The minimum Gasteiger partial charge on any atom is -0.341 e. The highest BCUT2D eigenvalue weighted by molar-refractivity contribution is 5.81. The van der Waals surface area contributed by atoms with Crippen LogP contribution in [0.3, 0.4) is 0 Å². The van der Waals surface area contributed by atoms with E-state index in [1.807, 2.05) is 4.90 Å². The van der Waals surface area contributed by atoms with Crippen molar-refractivity contribution >= 4 is 5.91 Å². The Morgan fingerprint density at radius 3 is 1.71 bits per heavy atom. The van der Waals surface area contributed by atoms with Gasteiger partial charge in [0.05, 0.1) is 6.04 Å². The summed E-state index contributed by atoms with van der Waals surface area (Å²) in [6.07, 6.45) is 2.93. The van der Waals surface area contributed by atoms with Crippen LogP contribution in [-0.2, 0) is 4.79 Å². The van der Waals surface area contributed by atoms with E-state index in [1.165, 1.54) is 0 Å². The Kier molecular flexibility index (Phi) is 10.6. The van der Waals surface area contributed by atoms with Crippen LogP contribution >= 0.6 is 0 Å². The molecule has 0 aromatic carbocycles. The van der Waals surface area contributed by atoms with Crippen molar-refractivity contribution < 1.29 is 4.79 Å². The van der Waals surface area contributed by atoms with Crippen molar-refractivity contribution in [2.75, 3.05) is 54.4 Å². The van der Waals surface area contributed by atoms with E-state index < -0.39 is 0 Å². The molecule has 2 N–H and O–H groups in total. The molecular formula is C16H36N4O. The van der Waals surface area contributed by atoms with Crippen LogP contribution in [0.2, 0.25) is 0 Å². The molecule has 1 amide bonds. The molecule has 126 valence electrons. The van der Waals surface area contributed by atoms with Gasteiger partial charge in [0.25, 0.3) is 0 Å². The molecule has 21 heavy (non-hydrogen) atoms. The average molecular weight is 300 g/mol. The van der Waals surface area contributed by atoms with Crippen molar-refractivity contribution in [1.82, 2.24) is 14.7 Å². The summed E-state index contributed by atoms with van der Waals surface area (Å²) >= 11 is 0. The van der Waals surface area contributed by atoms with Gasteiger partial charge in [-0.15, -0.1) is 0 Å². The maximum Gasteiger partial charge on any atom is 0.239 e. The minimum atomic E-state index is -0.367. The molecule has 0 aliphatic carbocycles. The molecular weight excluding hydrogens is 264 g/mol. The highest BCUT2D eigenvalue weighted by atomic mass is 16.2. The van der Waals surface area contributed by atoms with Crippen LogP contribution in [0.1, 0.15) is 33.1 Å². The summed E-state index contributed by atoms with van der Waals surface area (Å²) in [7, 11) is 8.23. The number of rotatable bonds is 11. The molecule has 0 aliphatic rings. The predicted molar refractivity (Wildman–Crippen MR) is 90.4 cm³/mol. The molecule has 2 unspecified atom stereocenters. The number of nitrogens with zero attached hydrogens (tertiary/aromatic N) is 3. The second-order valence-corrected chi connectivity index (χ2v) is 6.55. The van der Waals surface area contributed by atoms with Crippen LogP contribution in [0, 0.1) is 5.92 Å². The second-order valence-electron chi connectivity index (χ2n) is 6.55. The molecule has 0 saturated carbocycles. The normalized spacial score (nSPS) is 14.5. The van der Waals surface area contributed by atoms with Gasteiger partial charge < -0.3 is 20.4 Å². The van der Waals surface area contributed by atoms with Crippen LogP contribution in [0.15, 0.2) is 0 Å². The fraction of sp³-hybridized carbons (Fsp3) is 0.938. The molecule has 0 aromatic rings. The number of nitrogens with two attached hydrogens (primary N) is 1. The zero-order chi connectivity index (χ0) is 16.4. The average Bonchev–Trinajstić information content (AvgIpc) is 2.42. The van der Waals surface area contributed by atoms with Gasteiger partial charge in [0, 0.05) is 13.1 Å². The zero-order valence-electron chi connectivity index (χ0n) is 14.9. The fourth-order valence-corrected chi connectivity index (χ4v) is 2.20. The third kappa shape index (κ3) is 9.06. The maximum absolute atomic E-state index is 12.6. The molecule has 0 radical (unpaired) electrons. The van der Waals surface area contributed by atoms with Gasteiger partial charge in [0.15, 0.2) is 0 Å². The lowest BCUT2D eigenvalue weighted by molar-refractivity contribution is -0.134. The first-order valence-corrected chi connectivity index (χ1v) is 8.13. The molecule has 0 heterocycles.